The van der Waals surface area contributed by atoms with Crippen LogP contribution in [0.4, 0.5) is 0 Å². The Hall–Kier alpha value is -0.330. The monoisotopic (exact) mass is 208 g/mol. The molecule has 0 aliphatic heterocycles. The van der Waals surface area contributed by atoms with Gasteiger partial charge in [-0.05, 0) is 48.9 Å². The highest BCUT2D eigenvalue weighted by atomic mass is 16.1. The highest BCUT2D eigenvalue weighted by Crippen LogP contribution is 2.61. The summed E-state index contributed by atoms with van der Waals surface area (Å²) in [6.07, 6.45) is 7.33. The van der Waals surface area contributed by atoms with Gasteiger partial charge in [0.15, 0.2) is 0 Å². The number of hydrogen-bond donors (Lipinski definition) is 0. The molecule has 0 bridgehead atoms. The van der Waals surface area contributed by atoms with Crippen LogP contribution in [-0.4, -0.2) is 6.29 Å². The van der Waals surface area contributed by atoms with Crippen molar-refractivity contribution in [1.82, 2.24) is 0 Å². The van der Waals surface area contributed by atoms with Crippen LogP contribution in [0.1, 0.15) is 59.8 Å². The van der Waals surface area contributed by atoms with Crippen molar-refractivity contribution in [1.29, 1.82) is 0 Å². The van der Waals surface area contributed by atoms with Gasteiger partial charge >= 0.3 is 0 Å². The zero-order valence-corrected chi connectivity index (χ0v) is 10.6. The van der Waals surface area contributed by atoms with E-state index in [0.717, 1.165) is 12.8 Å². The maximum absolute atomic E-state index is 11.5. The van der Waals surface area contributed by atoms with Crippen LogP contribution in [0.3, 0.4) is 0 Å². The molecule has 0 unspecified atom stereocenters. The van der Waals surface area contributed by atoms with Gasteiger partial charge in [-0.25, -0.2) is 0 Å². The fraction of sp³-hybridized carbons (Fsp3) is 0.929. The molecule has 2 aliphatic rings. The van der Waals surface area contributed by atoms with Gasteiger partial charge in [0.25, 0.3) is 0 Å². The smallest absolute Gasteiger partial charge is 0.126 e. The highest BCUT2D eigenvalue weighted by Gasteiger charge is 2.54. The van der Waals surface area contributed by atoms with E-state index in [1.54, 1.807) is 0 Å². The standard InChI is InChI=1S/C14H24O/c1-12(2)7-13(3,4)9-14(8-12,10-15)11-5-6-11/h10-11H,5-9H2,1-4H3. The third kappa shape index (κ3) is 2.11. The lowest BCUT2D eigenvalue weighted by molar-refractivity contribution is -0.126. The van der Waals surface area contributed by atoms with Crippen molar-refractivity contribution in [2.45, 2.75) is 59.8 Å². The zero-order chi connectivity index (χ0) is 11.3. The molecule has 0 heterocycles. The lowest BCUT2D eigenvalue weighted by atomic mass is 9.54. The summed E-state index contributed by atoms with van der Waals surface area (Å²) in [4.78, 5) is 11.5. The molecule has 0 N–H and O–H groups in total. The van der Waals surface area contributed by atoms with Crippen molar-refractivity contribution >= 4 is 6.29 Å². The SMILES string of the molecule is CC1(C)CC(C)(C)CC(C=O)(C2CC2)C1. The Labute approximate surface area is 93.6 Å². The highest BCUT2D eigenvalue weighted by molar-refractivity contribution is 5.61. The molecule has 2 aliphatic carbocycles. The van der Waals surface area contributed by atoms with Crippen molar-refractivity contribution < 1.29 is 4.79 Å². The van der Waals surface area contributed by atoms with Crippen molar-refractivity contribution in [2.24, 2.45) is 22.2 Å². The van der Waals surface area contributed by atoms with Gasteiger partial charge in [-0.3, -0.25) is 0 Å². The summed E-state index contributed by atoms with van der Waals surface area (Å²) in [7, 11) is 0. The molecule has 0 amide bonds. The van der Waals surface area contributed by atoms with Gasteiger partial charge in [0, 0.05) is 5.41 Å². The minimum Gasteiger partial charge on any atom is -0.303 e. The second-order valence-electron chi connectivity index (χ2n) is 7.48. The van der Waals surface area contributed by atoms with Crippen LogP contribution < -0.4 is 0 Å². The molecule has 86 valence electrons. The molecule has 0 aromatic rings. The Kier molecular flexibility index (Phi) is 2.30. The van der Waals surface area contributed by atoms with Gasteiger partial charge in [-0.15, -0.1) is 0 Å². The first-order chi connectivity index (χ1) is 6.79. The van der Waals surface area contributed by atoms with E-state index in [-0.39, 0.29) is 5.41 Å². The first-order valence-corrected chi connectivity index (χ1v) is 6.25. The number of rotatable bonds is 2. The van der Waals surface area contributed by atoms with Gasteiger partial charge in [0.1, 0.15) is 6.29 Å². The summed E-state index contributed by atoms with van der Waals surface area (Å²) in [6, 6.07) is 0. The molecule has 0 radical (unpaired) electrons. The molecule has 0 saturated heterocycles. The third-order valence-corrected chi connectivity index (χ3v) is 4.20. The van der Waals surface area contributed by atoms with E-state index in [2.05, 4.69) is 27.7 Å². The van der Waals surface area contributed by atoms with Crippen molar-refractivity contribution in [3.05, 3.63) is 0 Å². The third-order valence-electron chi connectivity index (χ3n) is 4.20. The summed E-state index contributed by atoms with van der Waals surface area (Å²) in [6.45, 7) is 9.31. The number of hydrogen-bond acceptors (Lipinski definition) is 1. The van der Waals surface area contributed by atoms with Crippen LogP contribution in [0.15, 0.2) is 0 Å². The average molecular weight is 208 g/mol. The van der Waals surface area contributed by atoms with Gasteiger partial charge < -0.3 is 4.79 Å². The minimum absolute atomic E-state index is 0.0191. The fourth-order valence-corrected chi connectivity index (χ4v) is 4.39. The van der Waals surface area contributed by atoms with Crippen LogP contribution in [0.5, 0.6) is 0 Å². The van der Waals surface area contributed by atoms with E-state index >= 15 is 0 Å². The zero-order valence-electron chi connectivity index (χ0n) is 10.6. The summed E-state index contributed by atoms with van der Waals surface area (Å²) >= 11 is 0. The maximum Gasteiger partial charge on any atom is 0.126 e. The lowest BCUT2D eigenvalue weighted by Gasteiger charge is -2.50. The van der Waals surface area contributed by atoms with E-state index in [1.807, 2.05) is 0 Å². The second kappa shape index (κ2) is 3.09. The quantitative estimate of drug-likeness (QED) is 0.630. The predicted octanol–water partition coefficient (Wildman–Crippen LogP) is 3.82. The Morgan fingerprint density at radius 3 is 1.73 bits per heavy atom. The molecular formula is C14H24O. The Morgan fingerprint density at radius 2 is 1.40 bits per heavy atom. The van der Waals surface area contributed by atoms with Crippen molar-refractivity contribution in [3.8, 4) is 0 Å². The van der Waals surface area contributed by atoms with E-state index in [4.69, 9.17) is 0 Å². The maximum atomic E-state index is 11.5. The van der Waals surface area contributed by atoms with Crippen LogP contribution in [0.2, 0.25) is 0 Å². The Morgan fingerprint density at radius 1 is 0.933 bits per heavy atom. The van der Waals surface area contributed by atoms with Crippen LogP contribution in [0.25, 0.3) is 0 Å². The van der Waals surface area contributed by atoms with Gasteiger partial charge in [-0.1, -0.05) is 27.7 Å². The van der Waals surface area contributed by atoms with Crippen LogP contribution in [0, 0.1) is 22.2 Å². The number of carbonyl (C=O) groups excluding carboxylic acids is 1. The average Bonchev–Trinajstić information content (AvgIpc) is 2.79. The molecule has 2 fully saturated rings. The van der Waals surface area contributed by atoms with Gasteiger partial charge in [0.2, 0.25) is 0 Å². The molecule has 1 heteroatoms. The molecule has 0 aromatic heterocycles. The van der Waals surface area contributed by atoms with Gasteiger partial charge in [0.05, 0.1) is 0 Å². The Balaban J connectivity index is 2.28. The van der Waals surface area contributed by atoms with Crippen LogP contribution in [-0.2, 0) is 4.79 Å². The van der Waals surface area contributed by atoms with E-state index in [9.17, 15) is 4.79 Å². The minimum atomic E-state index is 0.0191. The molecule has 2 saturated carbocycles. The molecular weight excluding hydrogens is 184 g/mol. The fourth-order valence-electron chi connectivity index (χ4n) is 4.39. The molecule has 2 rings (SSSR count). The molecule has 0 aromatic carbocycles. The molecule has 0 spiro atoms. The van der Waals surface area contributed by atoms with Crippen LogP contribution >= 0.6 is 0 Å². The normalized spacial score (nSPS) is 32.3. The topological polar surface area (TPSA) is 17.1 Å². The Bertz CT molecular complexity index is 255. The molecule has 15 heavy (non-hydrogen) atoms. The predicted molar refractivity (Wildman–Crippen MR) is 62.6 cm³/mol. The largest absolute Gasteiger partial charge is 0.303 e. The summed E-state index contributed by atoms with van der Waals surface area (Å²) < 4.78 is 0. The van der Waals surface area contributed by atoms with E-state index in [1.165, 1.54) is 25.5 Å². The molecule has 0 atom stereocenters. The summed E-state index contributed by atoms with van der Waals surface area (Å²) in [5, 5.41) is 0. The lowest BCUT2D eigenvalue weighted by Crippen LogP contribution is -2.43. The second-order valence-corrected chi connectivity index (χ2v) is 7.48. The summed E-state index contributed by atoms with van der Waals surface area (Å²) in [5.41, 5.74) is 0.696. The van der Waals surface area contributed by atoms with Gasteiger partial charge in [-0.2, -0.15) is 0 Å². The number of carbonyl (C=O) groups is 1. The van der Waals surface area contributed by atoms with E-state index in [0.29, 0.717) is 16.7 Å². The summed E-state index contributed by atoms with van der Waals surface area (Å²) in [5.74, 6) is 0.703. The number of aldehydes is 1. The molecule has 1 nitrogen and oxygen atoms in total. The van der Waals surface area contributed by atoms with Crippen molar-refractivity contribution in [3.63, 3.8) is 0 Å². The first kappa shape index (κ1) is 11.2. The first-order valence-electron chi connectivity index (χ1n) is 6.25. The van der Waals surface area contributed by atoms with Crippen molar-refractivity contribution in [2.75, 3.05) is 0 Å². The van der Waals surface area contributed by atoms with E-state index < -0.39 is 0 Å².